The molecule has 2 aromatic carbocycles. The quantitative estimate of drug-likeness (QED) is 0.257. The summed E-state index contributed by atoms with van der Waals surface area (Å²) in [5, 5.41) is 20.4. The molecule has 0 aromatic heterocycles. The molecule has 1 atom stereocenters. The van der Waals surface area contributed by atoms with E-state index in [9.17, 15) is 19.5 Å². The van der Waals surface area contributed by atoms with E-state index in [-0.39, 0.29) is 25.2 Å². The number of amides is 1. The van der Waals surface area contributed by atoms with Gasteiger partial charge in [-0.1, -0.05) is 60.7 Å². The van der Waals surface area contributed by atoms with E-state index in [0.717, 1.165) is 11.8 Å². The Kier molecular flexibility index (Phi) is 9.23. The Morgan fingerprint density at radius 1 is 1.03 bits per heavy atom. The minimum Gasteiger partial charge on any atom is -0.505 e. The number of ketones is 1. The smallest absolute Gasteiger partial charge is 0.408 e. The van der Waals surface area contributed by atoms with E-state index in [4.69, 9.17) is 14.9 Å². The van der Waals surface area contributed by atoms with E-state index in [1.807, 2.05) is 6.07 Å². The first kappa shape index (κ1) is 23.1. The van der Waals surface area contributed by atoms with E-state index >= 15 is 0 Å². The van der Waals surface area contributed by atoms with Crippen molar-refractivity contribution in [2.75, 3.05) is 6.61 Å². The number of hydrogen-bond acceptors (Lipinski definition) is 7. The average molecular weight is 424 g/mol. The summed E-state index contributed by atoms with van der Waals surface area (Å²) in [5.41, 5.74) is 1.14. The Hall–Kier alpha value is -4.19. The van der Waals surface area contributed by atoms with E-state index in [1.54, 1.807) is 54.6 Å². The molecule has 0 spiro atoms. The van der Waals surface area contributed by atoms with Crippen molar-refractivity contribution in [1.29, 1.82) is 5.39 Å². The highest BCUT2D eigenvalue weighted by atomic mass is 16.6. The minimum atomic E-state index is -1.19. The summed E-state index contributed by atoms with van der Waals surface area (Å²) in [6.45, 7) is -0.511. The zero-order chi connectivity index (χ0) is 22.5. The lowest BCUT2D eigenvalue weighted by Crippen LogP contribution is -2.42. The number of rotatable bonds is 10. The molecule has 0 fully saturated rings. The van der Waals surface area contributed by atoms with Gasteiger partial charge in [0, 0.05) is 12.0 Å². The maximum absolute atomic E-state index is 12.4. The summed E-state index contributed by atoms with van der Waals surface area (Å²) in [7, 11) is 0. The summed E-state index contributed by atoms with van der Waals surface area (Å²) in [4.78, 5) is 39.4. The number of alkyl carbamates (subject to hydrolysis) is 1. The summed E-state index contributed by atoms with van der Waals surface area (Å²) >= 11 is 0. The number of carbonyl (C=O) groups is 3. The van der Waals surface area contributed by atoms with Gasteiger partial charge in [-0.3, -0.25) is 4.79 Å². The molecular formula is C22H22N3O6+. The minimum absolute atomic E-state index is 0.00448. The Morgan fingerprint density at radius 3 is 2.32 bits per heavy atom. The van der Waals surface area contributed by atoms with Gasteiger partial charge in [-0.15, -0.1) is 0 Å². The molecule has 0 saturated carbocycles. The van der Waals surface area contributed by atoms with Gasteiger partial charge in [0.25, 0.3) is 0 Å². The van der Waals surface area contributed by atoms with Crippen LogP contribution < -0.4 is 5.32 Å². The van der Waals surface area contributed by atoms with Crippen molar-refractivity contribution in [3.63, 3.8) is 0 Å². The number of aliphatic hydroxyl groups is 1. The van der Waals surface area contributed by atoms with E-state index in [2.05, 4.69) is 10.3 Å². The second-order valence-electron chi connectivity index (χ2n) is 6.43. The Balaban J connectivity index is 1.94. The van der Waals surface area contributed by atoms with Crippen molar-refractivity contribution < 1.29 is 29.0 Å². The fourth-order valence-corrected chi connectivity index (χ4v) is 2.52. The molecule has 0 heterocycles. The van der Waals surface area contributed by atoms with Gasteiger partial charge >= 0.3 is 18.3 Å². The summed E-state index contributed by atoms with van der Waals surface area (Å²) in [5.74, 6) is -1.57. The number of esters is 1. The molecule has 2 aromatic rings. The monoisotopic (exact) mass is 424 g/mol. The first-order valence-electron chi connectivity index (χ1n) is 9.44. The third-order valence-corrected chi connectivity index (χ3v) is 4.13. The number of nitrogens with zero attached hydrogens (tertiary/aromatic N) is 2. The molecule has 9 heteroatoms. The highest BCUT2D eigenvalue weighted by Gasteiger charge is 2.25. The fraction of sp³-hybridized carbons (Fsp3) is 0.227. The van der Waals surface area contributed by atoms with Gasteiger partial charge in [-0.2, -0.15) is 0 Å². The van der Waals surface area contributed by atoms with Crippen molar-refractivity contribution in [3.8, 4) is 0 Å². The number of ether oxygens (including phenoxy) is 2. The van der Waals surface area contributed by atoms with Crippen LogP contribution in [-0.2, 0) is 20.9 Å². The summed E-state index contributed by atoms with van der Waals surface area (Å²) in [6, 6.07) is 16.1. The molecule has 31 heavy (non-hydrogen) atoms. The Bertz CT molecular complexity index is 954. The fourth-order valence-electron chi connectivity index (χ4n) is 2.52. The average Bonchev–Trinajstić information content (AvgIpc) is 2.80. The number of diazo groups is 1. The van der Waals surface area contributed by atoms with Crippen LogP contribution in [0, 0.1) is 5.39 Å². The summed E-state index contributed by atoms with van der Waals surface area (Å²) < 4.78 is 10.1. The lowest BCUT2D eigenvalue weighted by Gasteiger charge is -2.17. The molecule has 0 aliphatic heterocycles. The number of hydrogen-bond donors (Lipinski definition) is 2. The third kappa shape index (κ3) is 8.37. The molecule has 0 aliphatic rings. The number of carbonyl (C=O) groups excluding carboxylic acids is 3. The van der Waals surface area contributed by atoms with Gasteiger partial charge in [0.2, 0.25) is 5.39 Å². The van der Waals surface area contributed by atoms with E-state index in [0.29, 0.717) is 5.56 Å². The molecular weight excluding hydrogens is 402 g/mol. The number of Topliss-reactive ketones (excluding diaryl/α,β-unsaturated/α-hetero) is 1. The van der Waals surface area contributed by atoms with Crippen LogP contribution in [0.1, 0.15) is 28.8 Å². The number of aliphatic hydroxyl groups excluding tert-OH is 1. The number of nitrogens with one attached hydrogen (secondary N) is 1. The zero-order valence-electron chi connectivity index (χ0n) is 16.6. The van der Waals surface area contributed by atoms with Crippen LogP contribution in [0.5, 0.6) is 0 Å². The van der Waals surface area contributed by atoms with Crippen molar-refractivity contribution in [2.24, 2.45) is 0 Å². The maximum atomic E-state index is 12.4. The van der Waals surface area contributed by atoms with E-state index in [1.165, 1.54) is 0 Å². The molecule has 0 saturated heterocycles. The second kappa shape index (κ2) is 12.4. The SMILES string of the molecule is N#[N+]/C=C(\O)CC[C@H](NC(=O)OCc1ccccc1)C(=O)OCC(=O)c1ccccc1. The van der Waals surface area contributed by atoms with Crippen LogP contribution in [0.2, 0.25) is 0 Å². The van der Waals surface area contributed by atoms with Crippen molar-refractivity contribution in [2.45, 2.75) is 25.5 Å². The topological polar surface area (TPSA) is 130 Å². The number of allylic oxidation sites excluding steroid dienone is 1. The molecule has 0 bridgehead atoms. The van der Waals surface area contributed by atoms with Crippen molar-refractivity contribution in [3.05, 3.63) is 88.7 Å². The molecule has 2 N–H and O–H groups in total. The van der Waals surface area contributed by atoms with Crippen LogP contribution >= 0.6 is 0 Å². The molecule has 2 rings (SSSR count). The van der Waals surface area contributed by atoms with Gasteiger partial charge in [-0.25, -0.2) is 9.59 Å². The van der Waals surface area contributed by atoms with Crippen LogP contribution in [-0.4, -0.2) is 35.6 Å². The zero-order valence-corrected chi connectivity index (χ0v) is 16.6. The molecule has 0 radical (unpaired) electrons. The van der Waals surface area contributed by atoms with Gasteiger partial charge in [-0.05, 0) is 12.0 Å². The van der Waals surface area contributed by atoms with Crippen molar-refractivity contribution >= 4 is 17.8 Å². The normalized spacial score (nSPS) is 11.6. The third-order valence-electron chi connectivity index (χ3n) is 4.13. The Morgan fingerprint density at radius 2 is 1.68 bits per heavy atom. The predicted octanol–water partition coefficient (Wildman–Crippen LogP) is 3.74. The maximum Gasteiger partial charge on any atom is 0.408 e. The lowest BCUT2D eigenvalue weighted by molar-refractivity contribution is -0.145. The second-order valence-corrected chi connectivity index (χ2v) is 6.43. The van der Waals surface area contributed by atoms with Gasteiger partial charge in [0.1, 0.15) is 12.6 Å². The molecule has 160 valence electrons. The van der Waals surface area contributed by atoms with Gasteiger partial charge in [0.15, 0.2) is 23.1 Å². The van der Waals surface area contributed by atoms with Gasteiger partial charge < -0.3 is 19.9 Å². The van der Waals surface area contributed by atoms with Gasteiger partial charge in [0.05, 0.1) is 0 Å². The molecule has 9 nitrogen and oxygen atoms in total. The van der Waals surface area contributed by atoms with Crippen LogP contribution in [0.25, 0.3) is 4.98 Å². The molecule has 0 unspecified atom stereocenters. The lowest BCUT2D eigenvalue weighted by atomic mass is 10.1. The van der Waals surface area contributed by atoms with Crippen LogP contribution in [0.15, 0.2) is 72.6 Å². The standard InChI is InChI=1S/C22H21N3O6/c23-24-13-18(26)11-12-19(25-22(29)31-14-16-7-3-1-4-8-16)21(28)30-15-20(27)17-9-5-2-6-10-17/h1-10,13,19H,11-12,14-15H2,(H-,25,26,29)/p+1/b18-13-/t19-/m0/s1. The number of benzene rings is 2. The first-order chi connectivity index (χ1) is 15.0. The Labute approximate surface area is 178 Å². The summed E-state index contributed by atoms with van der Waals surface area (Å²) in [6.07, 6.45) is -0.225. The molecule has 1 amide bonds. The highest BCUT2D eigenvalue weighted by Crippen LogP contribution is 2.09. The highest BCUT2D eigenvalue weighted by molar-refractivity contribution is 5.98. The first-order valence-corrected chi connectivity index (χ1v) is 9.44. The van der Waals surface area contributed by atoms with Crippen LogP contribution in [0.3, 0.4) is 0 Å². The molecule has 0 aliphatic carbocycles. The predicted molar refractivity (Wildman–Crippen MR) is 110 cm³/mol. The van der Waals surface area contributed by atoms with Crippen molar-refractivity contribution in [1.82, 2.24) is 5.32 Å². The van der Waals surface area contributed by atoms with E-state index < -0.39 is 30.5 Å². The largest absolute Gasteiger partial charge is 0.505 e. The van der Waals surface area contributed by atoms with Crippen LogP contribution in [0.4, 0.5) is 4.79 Å².